The predicted molar refractivity (Wildman–Crippen MR) is 112 cm³/mol. The highest BCUT2D eigenvalue weighted by Gasteiger charge is 2.19. The van der Waals surface area contributed by atoms with Gasteiger partial charge in [-0.05, 0) is 57.4 Å². The smallest absolute Gasteiger partial charge is 0.238 e. The molecular formula is C19H24ClN5OS. The van der Waals surface area contributed by atoms with E-state index in [2.05, 4.69) is 26.0 Å². The molecule has 3 heterocycles. The molecule has 0 saturated heterocycles. The molecule has 3 aromatic rings. The second-order valence-electron chi connectivity index (χ2n) is 6.26. The summed E-state index contributed by atoms with van der Waals surface area (Å²) in [6.07, 6.45) is 9.47. The Labute approximate surface area is 168 Å². The van der Waals surface area contributed by atoms with E-state index in [1.807, 2.05) is 19.1 Å². The average molecular weight is 406 g/mol. The first-order valence-electron chi connectivity index (χ1n) is 9.08. The molecule has 0 bridgehead atoms. The van der Waals surface area contributed by atoms with Crippen LogP contribution in [0.1, 0.15) is 37.7 Å². The molecule has 1 aliphatic carbocycles. The van der Waals surface area contributed by atoms with Crippen molar-refractivity contribution in [1.29, 1.82) is 0 Å². The lowest BCUT2D eigenvalue weighted by molar-refractivity contribution is 0.149. The Bertz CT molecular complexity index is 895. The van der Waals surface area contributed by atoms with Crippen LogP contribution in [0.3, 0.4) is 0 Å². The van der Waals surface area contributed by atoms with Crippen molar-refractivity contribution in [2.24, 2.45) is 5.73 Å². The lowest BCUT2D eigenvalue weighted by Gasteiger charge is -2.23. The molecule has 1 aliphatic rings. The molecule has 0 spiro atoms. The number of halogens is 1. The highest BCUT2D eigenvalue weighted by atomic mass is 35.5. The van der Waals surface area contributed by atoms with Gasteiger partial charge >= 0.3 is 0 Å². The van der Waals surface area contributed by atoms with Gasteiger partial charge in [-0.2, -0.15) is 0 Å². The van der Waals surface area contributed by atoms with Crippen LogP contribution >= 0.6 is 22.9 Å². The van der Waals surface area contributed by atoms with Crippen LogP contribution in [0.5, 0.6) is 5.88 Å². The highest BCUT2D eigenvalue weighted by Crippen LogP contribution is 2.38. The zero-order chi connectivity index (χ0) is 19.2. The maximum absolute atomic E-state index is 6.27. The van der Waals surface area contributed by atoms with E-state index in [9.17, 15) is 0 Å². The largest absolute Gasteiger partial charge is 0.473 e. The van der Waals surface area contributed by atoms with E-state index in [-0.39, 0.29) is 6.10 Å². The van der Waals surface area contributed by atoms with E-state index < -0.39 is 0 Å². The zero-order valence-corrected chi connectivity index (χ0v) is 17.1. The number of aromatic nitrogens is 3. The Morgan fingerprint density at radius 1 is 1.19 bits per heavy atom. The predicted octanol–water partition coefficient (Wildman–Crippen LogP) is 5.08. The second-order valence-corrected chi connectivity index (χ2v) is 7.86. The van der Waals surface area contributed by atoms with Crippen molar-refractivity contribution in [2.75, 3.05) is 12.4 Å². The van der Waals surface area contributed by atoms with Gasteiger partial charge in [0.2, 0.25) is 5.88 Å². The molecule has 8 heteroatoms. The van der Waals surface area contributed by atoms with Gasteiger partial charge in [-0.1, -0.05) is 18.0 Å². The van der Waals surface area contributed by atoms with Crippen LogP contribution in [0.2, 0.25) is 4.34 Å². The van der Waals surface area contributed by atoms with Gasteiger partial charge in [-0.25, -0.2) is 15.0 Å². The number of pyridine rings is 1. The number of thiophene rings is 1. The number of anilines is 2. The van der Waals surface area contributed by atoms with E-state index in [4.69, 9.17) is 16.3 Å². The first-order chi connectivity index (χ1) is 13.2. The summed E-state index contributed by atoms with van der Waals surface area (Å²) < 4.78 is 6.90. The summed E-state index contributed by atoms with van der Waals surface area (Å²) in [7, 11) is 1.50. The van der Waals surface area contributed by atoms with Crippen LogP contribution in [-0.4, -0.2) is 28.1 Å². The van der Waals surface area contributed by atoms with Gasteiger partial charge in [0.05, 0.1) is 9.72 Å². The maximum atomic E-state index is 6.27. The molecule has 3 N–H and O–H groups in total. The standard InChI is InChI=1S/C18H19ClN4OS.CH5N/c1-11-14-16(21-10-22-18(14)25-15(11)19)23-13-8-5-9-20-17(13)24-12-6-3-2-4-7-12;1-2/h5,8-10,12H,2-4,6-7H2,1H3,(H,21,22,23);2H2,1H3. The zero-order valence-electron chi connectivity index (χ0n) is 15.5. The molecule has 0 atom stereocenters. The number of ether oxygens (including phenoxy) is 1. The Kier molecular flexibility index (Phi) is 6.82. The van der Waals surface area contributed by atoms with Crippen molar-refractivity contribution < 1.29 is 4.74 Å². The molecule has 0 aliphatic heterocycles. The number of hydrogen-bond acceptors (Lipinski definition) is 7. The summed E-state index contributed by atoms with van der Waals surface area (Å²) in [5.74, 6) is 1.35. The van der Waals surface area contributed by atoms with E-state index in [0.717, 1.165) is 44.5 Å². The molecule has 27 heavy (non-hydrogen) atoms. The number of rotatable bonds is 4. The van der Waals surface area contributed by atoms with E-state index >= 15 is 0 Å². The van der Waals surface area contributed by atoms with E-state index in [1.54, 1.807) is 12.5 Å². The number of nitrogens with one attached hydrogen (secondary N) is 1. The molecule has 4 rings (SSSR count). The minimum absolute atomic E-state index is 0.243. The van der Waals surface area contributed by atoms with Crippen molar-refractivity contribution in [2.45, 2.75) is 45.1 Å². The van der Waals surface area contributed by atoms with Gasteiger partial charge in [0.1, 0.15) is 28.8 Å². The van der Waals surface area contributed by atoms with E-state index in [0.29, 0.717) is 5.88 Å². The van der Waals surface area contributed by atoms with Crippen LogP contribution in [0, 0.1) is 6.92 Å². The third kappa shape index (κ3) is 4.48. The number of nitrogens with two attached hydrogens (primary N) is 1. The fourth-order valence-electron chi connectivity index (χ4n) is 3.19. The third-order valence-electron chi connectivity index (χ3n) is 4.52. The summed E-state index contributed by atoms with van der Waals surface area (Å²) >= 11 is 7.74. The summed E-state index contributed by atoms with van der Waals surface area (Å²) in [6, 6.07) is 3.85. The molecule has 144 valence electrons. The molecule has 6 nitrogen and oxygen atoms in total. The topological polar surface area (TPSA) is 86.0 Å². The van der Waals surface area contributed by atoms with Crippen molar-refractivity contribution >= 4 is 44.7 Å². The van der Waals surface area contributed by atoms with Gasteiger partial charge in [0, 0.05) is 6.20 Å². The molecule has 3 aromatic heterocycles. The van der Waals surface area contributed by atoms with Crippen LogP contribution in [-0.2, 0) is 0 Å². The number of hydrogen-bond donors (Lipinski definition) is 2. The number of fused-ring (bicyclic) bond motifs is 1. The van der Waals surface area contributed by atoms with Crippen molar-refractivity contribution in [3.8, 4) is 5.88 Å². The average Bonchev–Trinajstić information content (AvgIpc) is 3.01. The Hall–Kier alpha value is -1.96. The van der Waals surface area contributed by atoms with Gasteiger partial charge < -0.3 is 15.8 Å². The normalized spacial score (nSPS) is 14.5. The molecule has 1 saturated carbocycles. The second kappa shape index (κ2) is 9.30. The Morgan fingerprint density at radius 2 is 1.96 bits per heavy atom. The molecule has 0 amide bonds. The monoisotopic (exact) mass is 405 g/mol. The minimum Gasteiger partial charge on any atom is -0.473 e. The van der Waals surface area contributed by atoms with Gasteiger partial charge in [0.25, 0.3) is 0 Å². The molecule has 0 radical (unpaired) electrons. The highest BCUT2D eigenvalue weighted by molar-refractivity contribution is 7.22. The van der Waals surface area contributed by atoms with Crippen LogP contribution in [0.25, 0.3) is 10.2 Å². The summed E-state index contributed by atoms with van der Waals surface area (Å²) in [6.45, 7) is 1.98. The number of nitrogens with zero attached hydrogens (tertiary/aromatic N) is 3. The molecular weight excluding hydrogens is 382 g/mol. The third-order valence-corrected chi connectivity index (χ3v) is 6.03. The quantitative estimate of drug-likeness (QED) is 0.629. The summed E-state index contributed by atoms with van der Waals surface area (Å²) in [5, 5.41) is 4.32. The van der Waals surface area contributed by atoms with Crippen molar-refractivity contribution in [3.05, 3.63) is 34.6 Å². The first-order valence-corrected chi connectivity index (χ1v) is 10.3. The van der Waals surface area contributed by atoms with Gasteiger partial charge in [0.15, 0.2) is 0 Å². The molecule has 0 aromatic carbocycles. The fraction of sp³-hybridized carbons (Fsp3) is 0.421. The number of aryl methyl sites for hydroxylation is 1. The van der Waals surface area contributed by atoms with Crippen molar-refractivity contribution in [1.82, 2.24) is 15.0 Å². The maximum Gasteiger partial charge on any atom is 0.238 e. The lowest BCUT2D eigenvalue weighted by Crippen LogP contribution is -2.20. The minimum atomic E-state index is 0.243. The summed E-state index contributed by atoms with van der Waals surface area (Å²) in [4.78, 5) is 14.0. The molecule has 0 unspecified atom stereocenters. The fourth-order valence-corrected chi connectivity index (χ4v) is 4.38. The first kappa shape index (κ1) is 19.8. The molecule has 1 fully saturated rings. The van der Waals surface area contributed by atoms with E-state index in [1.165, 1.54) is 37.6 Å². The van der Waals surface area contributed by atoms with Gasteiger partial charge in [-0.3, -0.25) is 0 Å². The van der Waals surface area contributed by atoms with Crippen LogP contribution < -0.4 is 15.8 Å². The Morgan fingerprint density at radius 3 is 2.74 bits per heavy atom. The Balaban J connectivity index is 0.00000102. The summed E-state index contributed by atoms with van der Waals surface area (Å²) in [5.41, 5.74) is 6.30. The SMILES string of the molecule is CN.Cc1c(Cl)sc2ncnc(Nc3cccnc3OC3CCCCC3)c12. The van der Waals surface area contributed by atoms with Gasteiger partial charge in [-0.15, -0.1) is 11.3 Å². The lowest BCUT2D eigenvalue weighted by atomic mass is 9.98. The van der Waals surface area contributed by atoms with Crippen molar-refractivity contribution in [3.63, 3.8) is 0 Å². The van der Waals surface area contributed by atoms with Crippen LogP contribution in [0.4, 0.5) is 11.5 Å². The van der Waals surface area contributed by atoms with Crippen LogP contribution in [0.15, 0.2) is 24.7 Å².